The number of carbonyl (C=O) groups is 2. The molecular formula is C13H14O6. The molecule has 1 aromatic carbocycles. The molecule has 0 amide bonds. The van der Waals surface area contributed by atoms with Crippen molar-refractivity contribution >= 4 is 18.0 Å². The minimum atomic E-state index is -1.38. The molecule has 0 unspecified atom stereocenters. The van der Waals surface area contributed by atoms with Gasteiger partial charge in [0, 0.05) is 0 Å². The first-order chi connectivity index (χ1) is 8.99. The quantitative estimate of drug-likeness (QED) is 0.362. The Bertz CT molecular complexity index is 518. The van der Waals surface area contributed by atoms with Gasteiger partial charge in [0.25, 0.3) is 0 Å². The van der Waals surface area contributed by atoms with Gasteiger partial charge in [-0.15, -0.1) is 0 Å². The molecule has 102 valence electrons. The van der Waals surface area contributed by atoms with Gasteiger partial charge in [0.1, 0.15) is 5.57 Å². The molecule has 1 rings (SSSR count). The van der Waals surface area contributed by atoms with Gasteiger partial charge in [-0.2, -0.15) is 0 Å². The number of esters is 1. The number of aliphatic carboxylic acids is 1. The number of phenols is 1. The lowest BCUT2D eigenvalue weighted by Gasteiger charge is -2.05. The number of hydrogen-bond acceptors (Lipinski definition) is 5. The second kappa shape index (κ2) is 6.44. The first-order valence-electron chi connectivity index (χ1n) is 5.48. The number of phenolic OH excluding ortho intramolecular Hbond substituents is 1. The zero-order valence-corrected chi connectivity index (χ0v) is 10.5. The van der Waals surface area contributed by atoms with E-state index in [1.807, 2.05) is 0 Å². The monoisotopic (exact) mass is 266 g/mol. The summed E-state index contributed by atoms with van der Waals surface area (Å²) < 4.78 is 9.54. The molecule has 6 nitrogen and oxygen atoms in total. The summed E-state index contributed by atoms with van der Waals surface area (Å²) >= 11 is 0. The van der Waals surface area contributed by atoms with Crippen molar-refractivity contribution in [3.8, 4) is 11.5 Å². The normalized spacial score (nSPS) is 10.9. The Morgan fingerprint density at radius 1 is 1.37 bits per heavy atom. The van der Waals surface area contributed by atoms with Gasteiger partial charge in [-0.05, 0) is 30.7 Å². The lowest BCUT2D eigenvalue weighted by molar-refractivity contribution is -0.143. The van der Waals surface area contributed by atoms with Gasteiger partial charge >= 0.3 is 11.9 Å². The van der Waals surface area contributed by atoms with Crippen molar-refractivity contribution in [3.63, 3.8) is 0 Å². The van der Waals surface area contributed by atoms with E-state index in [1.165, 1.54) is 25.3 Å². The molecule has 19 heavy (non-hydrogen) atoms. The first-order valence-corrected chi connectivity index (χ1v) is 5.48. The average molecular weight is 266 g/mol. The fraction of sp³-hybridized carbons (Fsp3) is 0.231. The molecule has 0 atom stereocenters. The molecular weight excluding hydrogens is 252 g/mol. The zero-order valence-electron chi connectivity index (χ0n) is 10.5. The number of carbonyl (C=O) groups excluding carboxylic acids is 1. The van der Waals surface area contributed by atoms with Crippen LogP contribution in [0.5, 0.6) is 11.5 Å². The van der Waals surface area contributed by atoms with E-state index in [2.05, 4.69) is 4.74 Å². The molecule has 1 aromatic rings. The molecule has 0 fully saturated rings. The third-order valence-electron chi connectivity index (χ3n) is 2.24. The van der Waals surface area contributed by atoms with Crippen LogP contribution in [0.25, 0.3) is 6.08 Å². The number of ether oxygens (including phenoxy) is 2. The van der Waals surface area contributed by atoms with Gasteiger partial charge in [-0.3, -0.25) is 0 Å². The van der Waals surface area contributed by atoms with Gasteiger partial charge < -0.3 is 19.7 Å². The Hall–Kier alpha value is -2.50. The predicted octanol–water partition coefficient (Wildman–Crippen LogP) is 1.43. The Morgan fingerprint density at radius 2 is 2.05 bits per heavy atom. The standard InChI is InChI=1S/C13H14O6/c1-3-19-13(17)9(12(15)16)6-8-4-5-10(14)11(7-8)18-2/h4-7,14H,3H2,1-2H3,(H,15,16). The van der Waals surface area contributed by atoms with Crippen molar-refractivity contribution in [2.75, 3.05) is 13.7 Å². The second-order valence-corrected chi connectivity index (χ2v) is 3.51. The molecule has 0 aliphatic rings. The lowest BCUT2D eigenvalue weighted by atomic mass is 10.1. The second-order valence-electron chi connectivity index (χ2n) is 3.51. The summed E-state index contributed by atoms with van der Waals surface area (Å²) in [5.74, 6) is -2.19. The molecule has 0 saturated heterocycles. The van der Waals surface area contributed by atoms with Gasteiger partial charge in [-0.25, -0.2) is 9.59 Å². The Morgan fingerprint density at radius 3 is 2.58 bits per heavy atom. The highest BCUT2D eigenvalue weighted by atomic mass is 16.5. The van der Waals surface area contributed by atoms with Crippen LogP contribution < -0.4 is 4.74 Å². The van der Waals surface area contributed by atoms with E-state index in [-0.39, 0.29) is 18.1 Å². The van der Waals surface area contributed by atoms with Crippen LogP contribution in [0.4, 0.5) is 0 Å². The average Bonchev–Trinajstić information content (AvgIpc) is 2.37. The Kier molecular flexibility index (Phi) is 4.93. The summed E-state index contributed by atoms with van der Waals surface area (Å²) in [4.78, 5) is 22.5. The lowest BCUT2D eigenvalue weighted by Crippen LogP contribution is -2.15. The predicted molar refractivity (Wildman–Crippen MR) is 66.9 cm³/mol. The van der Waals surface area contributed by atoms with Crippen LogP contribution in [0.15, 0.2) is 23.8 Å². The number of carboxylic acids is 1. The maximum absolute atomic E-state index is 11.5. The van der Waals surface area contributed by atoms with E-state index in [4.69, 9.17) is 9.84 Å². The van der Waals surface area contributed by atoms with Crippen LogP contribution in [0.2, 0.25) is 0 Å². The van der Waals surface area contributed by atoms with Gasteiger partial charge in [0.05, 0.1) is 13.7 Å². The zero-order chi connectivity index (χ0) is 14.4. The molecule has 0 bridgehead atoms. The molecule has 0 aliphatic carbocycles. The molecule has 0 saturated carbocycles. The Balaban J connectivity index is 3.15. The minimum absolute atomic E-state index is 0.0762. The summed E-state index contributed by atoms with van der Waals surface area (Å²) in [7, 11) is 1.37. The maximum Gasteiger partial charge on any atom is 0.345 e. The van der Waals surface area contributed by atoms with Crippen molar-refractivity contribution in [1.82, 2.24) is 0 Å². The highest BCUT2D eigenvalue weighted by molar-refractivity contribution is 6.17. The molecule has 0 spiro atoms. The topological polar surface area (TPSA) is 93.1 Å². The molecule has 6 heteroatoms. The Labute approximate surface area is 109 Å². The van der Waals surface area contributed by atoms with E-state index in [0.717, 1.165) is 6.08 Å². The highest BCUT2D eigenvalue weighted by Crippen LogP contribution is 2.27. The van der Waals surface area contributed by atoms with Crippen LogP contribution in [0.1, 0.15) is 12.5 Å². The van der Waals surface area contributed by atoms with Crippen LogP contribution >= 0.6 is 0 Å². The largest absolute Gasteiger partial charge is 0.504 e. The van der Waals surface area contributed by atoms with E-state index in [1.54, 1.807) is 6.92 Å². The van der Waals surface area contributed by atoms with E-state index < -0.39 is 17.5 Å². The number of benzene rings is 1. The molecule has 0 heterocycles. The summed E-state index contributed by atoms with van der Waals surface area (Å²) in [5, 5.41) is 18.4. The number of carboxylic acid groups (broad SMARTS) is 1. The van der Waals surface area contributed by atoms with Crippen molar-refractivity contribution in [2.45, 2.75) is 6.92 Å². The van der Waals surface area contributed by atoms with Crippen molar-refractivity contribution in [3.05, 3.63) is 29.3 Å². The summed E-state index contributed by atoms with van der Waals surface area (Å²) in [6.07, 6.45) is 1.16. The van der Waals surface area contributed by atoms with Crippen molar-refractivity contribution in [2.24, 2.45) is 0 Å². The molecule has 0 aromatic heterocycles. The molecule has 0 aliphatic heterocycles. The first kappa shape index (κ1) is 14.6. The van der Waals surface area contributed by atoms with Crippen molar-refractivity contribution in [1.29, 1.82) is 0 Å². The van der Waals surface area contributed by atoms with E-state index >= 15 is 0 Å². The number of aromatic hydroxyl groups is 1. The fourth-order valence-corrected chi connectivity index (χ4v) is 1.37. The SMILES string of the molecule is CCOC(=O)C(=Cc1ccc(O)c(OC)c1)C(=O)O. The van der Waals surface area contributed by atoms with Gasteiger partial charge in [0.2, 0.25) is 0 Å². The highest BCUT2D eigenvalue weighted by Gasteiger charge is 2.18. The third kappa shape index (κ3) is 3.74. The van der Waals surface area contributed by atoms with Crippen LogP contribution in [-0.2, 0) is 14.3 Å². The molecule has 2 N–H and O–H groups in total. The van der Waals surface area contributed by atoms with Gasteiger partial charge in [-0.1, -0.05) is 6.07 Å². The van der Waals surface area contributed by atoms with Crippen LogP contribution in [0.3, 0.4) is 0 Å². The van der Waals surface area contributed by atoms with E-state index in [9.17, 15) is 14.7 Å². The van der Waals surface area contributed by atoms with Gasteiger partial charge in [0.15, 0.2) is 11.5 Å². The third-order valence-corrected chi connectivity index (χ3v) is 2.24. The molecule has 0 radical (unpaired) electrons. The smallest absolute Gasteiger partial charge is 0.345 e. The summed E-state index contributed by atoms with van der Waals surface area (Å²) in [6.45, 7) is 1.67. The van der Waals surface area contributed by atoms with E-state index in [0.29, 0.717) is 5.56 Å². The van der Waals surface area contributed by atoms with Crippen molar-refractivity contribution < 1.29 is 29.3 Å². The maximum atomic E-state index is 11.5. The number of methoxy groups -OCH3 is 1. The number of rotatable bonds is 5. The summed E-state index contributed by atoms with van der Waals surface area (Å²) in [5.41, 5.74) is -0.0882. The van der Waals surface area contributed by atoms with Crippen LogP contribution in [0, 0.1) is 0 Å². The summed E-state index contributed by atoms with van der Waals surface area (Å²) in [6, 6.07) is 4.22. The minimum Gasteiger partial charge on any atom is -0.504 e. The van der Waals surface area contributed by atoms with Crippen LogP contribution in [-0.4, -0.2) is 35.9 Å². The number of hydrogen-bond donors (Lipinski definition) is 2. The fourth-order valence-electron chi connectivity index (χ4n) is 1.37.